The first kappa shape index (κ1) is 11.9. The van der Waals surface area contributed by atoms with Gasteiger partial charge in [-0.15, -0.1) is 11.3 Å². The van der Waals surface area contributed by atoms with Gasteiger partial charge in [-0.1, -0.05) is 0 Å². The van der Waals surface area contributed by atoms with Crippen molar-refractivity contribution >= 4 is 22.4 Å². The molecule has 0 fully saturated rings. The molecule has 4 nitrogen and oxygen atoms in total. The van der Waals surface area contributed by atoms with Crippen molar-refractivity contribution in [1.82, 2.24) is 9.55 Å². The molecule has 1 N–H and O–H groups in total. The van der Waals surface area contributed by atoms with Crippen LogP contribution in [0.4, 0.5) is 5.13 Å². The fraction of sp³-hybridized carbons (Fsp3) is 0.333. The summed E-state index contributed by atoms with van der Waals surface area (Å²) in [6.07, 6.45) is 2.15. The summed E-state index contributed by atoms with van der Waals surface area (Å²) in [7, 11) is 0. The van der Waals surface area contributed by atoms with Gasteiger partial charge < -0.3 is 9.88 Å². The lowest BCUT2D eigenvalue weighted by molar-refractivity contribution is -0.116. The van der Waals surface area contributed by atoms with Crippen LogP contribution in [0.25, 0.3) is 0 Å². The summed E-state index contributed by atoms with van der Waals surface area (Å²) in [5.74, 6) is 0.00690. The molecular weight excluding hydrogens is 234 g/mol. The van der Waals surface area contributed by atoms with E-state index in [0.29, 0.717) is 18.1 Å². The monoisotopic (exact) mass is 249 g/mol. The maximum atomic E-state index is 11.7. The quantitative estimate of drug-likeness (QED) is 0.905. The Morgan fingerprint density at radius 1 is 1.41 bits per heavy atom. The minimum absolute atomic E-state index is 0.00690. The van der Waals surface area contributed by atoms with Gasteiger partial charge in [0.05, 0.1) is 0 Å². The van der Waals surface area contributed by atoms with E-state index in [4.69, 9.17) is 0 Å². The number of rotatable bonds is 4. The molecule has 1 amide bonds. The van der Waals surface area contributed by atoms with Crippen molar-refractivity contribution in [2.75, 3.05) is 5.32 Å². The molecule has 0 saturated carbocycles. The van der Waals surface area contributed by atoms with Gasteiger partial charge in [-0.2, -0.15) is 0 Å². The molecule has 17 heavy (non-hydrogen) atoms. The SMILES string of the molecule is Cc1ccc(C)n1CCC(=O)Nc1nccs1. The summed E-state index contributed by atoms with van der Waals surface area (Å²) in [5.41, 5.74) is 2.37. The molecule has 0 atom stereocenters. The molecule has 2 heterocycles. The number of anilines is 1. The molecule has 90 valence electrons. The molecule has 0 spiro atoms. The minimum atomic E-state index is 0.00690. The molecule has 0 bridgehead atoms. The third kappa shape index (κ3) is 2.94. The minimum Gasteiger partial charge on any atom is -0.349 e. The second-order valence-electron chi connectivity index (χ2n) is 3.90. The average Bonchev–Trinajstić information content (AvgIpc) is 2.88. The number of amides is 1. The number of carbonyl (C=O) groups excluding carboxylic acids is 1. The standard InChI is InChI=1S/C12H15N3OS/c1-9-3-4-10(2)15(9)7-5-11(16)14-12-13-6-8-17-12/h3-4,6,8H,5,7H2,1-2H3,(H,13,14,16). The molecule has 2 rings (SSSR count). The van der Waals surface area contributed by atoms with Gasteiger partial charge in [0.15, 0.2) is 5.13 Å². The van der Waals surface area contributed by atoms with E-state index >= 15 is 0 Å². The predicted octanol–water partition coefficient (Wildman–Crippen LogP) is 2.59. The first-order valence-corrected chi connectivity index (χ1v) is 6.37. The molecule has 0 unspecified atom stereocenters. The van der Waals surface area contributed by atoms with Crippen LogP contribution in [0.15, 0.2) is 23.7 Å². The number of nitrogens with zero attached hydrogens (tertiary/aromatic N) is 2. The topological polar surface area (TPSA) is 46.9 Å². The predicted molar refractivity (Wildman–Crippen MR) is 69.3 cm³/mol. The van der Waals surface area contributed by atoms with Gasteiger partial charge in [-0.3, -0.25) is 4.79 Å². The summed E-state index contributed by atoms with van der Waals surface area (Å²) >= 11 is 1.43. The van der Waals surface area contributed by atoms with Gasteiger partial charge in [0.1, 0.15) is 0 Å². The highest BCUT2D eigenvalue weighted by Crippen LogP contribution is 2.12. The third-order valence-corrected chi connectivity index (χ3v) is 3.35. The first-order valence-electron chi connectivity index (χ1n) is 5.49. The number of aromatic nitrogens is 2. The Balaban J connectivity index is 1.88. The zero-order valence-electron chi connectivity index (χ0n) is 9.93. The number of nitrogens with one attached hydrogen (secondary N) is 1. The van der Waals surface area contributed by atoms with E-state index in [9.17, 15) is 4.79 Å². The normalized spacial score (nSPS) is 10.5. The summed E-state index contributed by atoms with van der Waals surface area (Å²) in [5, 5.41) is 5.28. The summed E-state index contributed by atoms with van der Waals surface area (Å²) in [4.78, 5) is 15.7. The molecular formula is C12H15N3OS. The van der Waals surface area contributed by atoms with E-state index in [1.807, 2.05) is 19.2 Å². The maximum absolute atomic E-state index is 11.7. The van der Waals surface area contributed by atoms with Crippen molar-refractivity contribution < 1.29 is 4.79 Å². The lowest BCUT2D eigenvalue weighted by Crippen LogP contribution is -2.15. The van der Waals surface area contributed by atoms with Crippen LogP contribution in [-0.2, 0) is 11.3 Å². The van der Waals surface area contributed by atoms with Gasteiger partial charge >= 0.3 is 0 Å². The summed E-state index contributed by atoms with van der Waals surface area (Å²) in [6, 6.07) is 4.13. The molecule has 0 aromatic carbocycles. The Morgan fingerprint density at radius 3 is 2.71 bits per heavy atom. The molecule has 5 heteroatoms. The van der Waals surface area contributed by atoms with Crippen LogP contribution >= 0.6 is 11.3 Å². The van der Waals surface area contributed by atoms with Crippen LogP contribution in [0.5, 0.6) is 0 Å². The van der Waals surface area contributed by atoms with E-state index in [1.165, 1.54) is 22.7 Å². The molecule has 2 aromatic rings. The Hall–Kier alpha value is -1.62. The highest BCUT2D eigenvalue weighted by molar-refractivity contribution is 7.13. The van der Waals surface area contributed by atoms with Gasteiger partial charge in [-0.05, 0) is 26.0 Å². The first-order chi connectivity index (χ1) is 8.16. The van der Waals surface area contributed by atoms with Crippen molar-refractivity contribution in [3.63, 3.8) is 0 Å². The van der Waals surface area contributed by atoms with Crippen LogP contribution in [0, 0.1) is 13.8 Å². The molecule has 0 aliphatic carbocycles. The number of thiazole rings is 1. The van der Waals surface area contributed by atoms with E-state index in [2.05, 4.69) is 27.0 Å². The third-order valence-electron chi connectivity index (χ3n) is 2.66. The van der Waals surface area contributed by atoms with E-state index < -0.39 is 0 Å². The molecule has 0 radical (unpaired) electrons. The molecule has 0 aliphatic heterocycles. The number of aryl methyl sites for hydroxylation is 2. The lowest BCUT2D eigenvalue weighted by atomic mass is 10.3. The van der Waals surface area contributed by atoms with Crippen molar-refractivity contribution in [2.45, 2.75) is 26.8 Å². The average molecular weight is 249 g/mol. The number of hydrogen-bond donors (Lipinski definition) is 1. The lowest BCUT2D eigenvalue weighted by Gasteiger charge is -2.08. The van der Waals surface area contributed by atoms with Crippen LogP contribution in [0.1, 0.15) is 17.8 Å². The smallest absolute Gasteiger partial charge is 0.227 e. The molecule has 0 aliphatic rings. The van der Waals surface area contributed by atoms with Crippen LogP contribution in [0.2, 0.25) is 0 Å². The largest absolute Gasteiger partial charge is 0.349 e. The molecule has 0 saturated heterocycles. The Kier molecular flexibility index (Phi) is 3.58. The Labute approximate surface area is 104 Å². The molecule has 2 aromatic heterocycles. The van der Waals surface area contributed by atoms with Crippen molar-refractivity contribution in [3.05, 3.63) is 35.1 Å². The van der Waals surface area contributed by atoms with Crippen LogP contribution in [0.3, 0.4) is 0 Å². The van der Waals surface area contributed by atoms with Crippen molar-refractivity contribution in [1.29, 1.82) is 0 Å². The van der Waals surface area contributed by atoms with E-state index in [1.54, 1.807) is 6.20 Å². The zero-order chi connectivity index (χ0) is 12.3. The second-order valence-corrected chi connectivity index (χ2v) is 4.80. The zero-order valence-corrected chi connectivity index (χ0v) is 10.8. The fourth-order valence-corrected chi connectivity index (χ4v) is 2.28. The fourth-order valence-electron chi connectivity index (χ4n) is 1.73. The number of hydrogen-bond acceptors (Lipinski definition) is 3. The Morgan fingerprint density at radius 2 is 2.12 bits per heavy atom. The second kappa shape index (κ2) is 5.14. The summed E-state index contributed by atoms with van der Waals surface area (Å²) in [6.45, 7) is 4.80. The van der Waals surface area contributed by atoms with Crippen LogP contribution < -0.4 is 5.32 Å². The maximum Gasteiger partial charge on any atom is 0.227 e. The van der Waals surface area contributed by atoms with E-state index in [0.717, 1.165) is 0 Å². The summed E-state index contributed by atoms with van der Waals surface area (Å²) < 4.78 is 2.14. The van der Waals surface area contributed by atoms with Gasteiger partial charge in [0, 0.05) is 35.9 Å². The highest BCUT2D eigenvalue weighted by Gasteiger charge is 2.06. The van der Waals surface area contributed by atoms with E-state index in [-0.39, 0.29) is 5.91 Å². The van der Waals surface area contributed by atoms with Gasteiger partial charge in [0.2, 0.25) is 5.91 Å². The van der Waals surface area contributed by atoms with Gasteiger partial charge in [0.25, 0.3) is 0 Å². The number of carbonyl (C=O) groups is 1. The van der Waals surface area contributed by atoms with Crippen LogP contribution in [-0.4, -0.2) is 15.5 Å². The van der Waals surface area contributed by atoms with Crippen molar-refractivity contribution in [2.24, 2.45) is 0 Å². The van der Waals surface area contributed by atoms with Crippen molar-refractivity contribution in [3.8, 4) is 0 Å². The Bertz CT molecular complexity index is 482. The van der Waals surface area contributed by atoms with Gasteiger partial charge in [-0.25, -0.2) is 4.98 Å². The highest BCUT2D eigenvalue weighted by atomic mass is 32.1.